The van der Waals surface area contributed by atoms with Gasteiger partial charge in [0.05, 0.1) is 0 Å². The molecule has 0 amide bonds. The zero-order chi connectivity index (χ0) is 11.1. The Morgan fingerprint density at radius 2 is 1.38 bits per heavy atom. The molecule has 80 valence electrons. The lowest BCUT2D eigenvalue weighted by Gasteiger charge is -1.85. The van der Waals surface area contributed by atoms with Gasteiger partial charge in [0.1, 0.15) is 0 Å². The fraction of sp³-hybridized carbons (Fsp3) is 0.714. The van der Waals surface area contributed by atoms with Gasteiger partial charge in [-0.3, -0.25) is 9.59 Å². The van der Waals surface area contributed by atoms with Gasteiger partial charge in [-0.1, -0.05) is 0 Å². The summed E-state index contributed by atoms with van der Waals surface area (Å²) in [5.41, 5.74) is 0. The van der Waals surface area contributed by atoms with Crippen molar-refractivity contribution in [3.63, 3.8) is 0 Å². The third-order valence-corrected chi connectivity index (χ3v) is 0.566. The van der Waals surface area contributed by atoms with E-state index in [-0.39, 0.29) is 19.7 Å². The van der Waals surface area contributed by atoms with E-state index in [1.165, 1.54) is 0 Å². The van der Waals surface area contributed by atoms with E-state index in [0.717, 1.165) is 19.8 Å². The largest absolute Gasteiger partial charge is 0.483 e. The molecule has 0 aromatic rings. The summed E-state index contributed by atoms with van der Waals surface area (Å²) in [7, 11) is 0. The van der Waals surface area contributed by atoms with E-state index in [2.05, 4.69) is 0 Å². The van der Waals surface area contributed by atoms with Crippen LogP contribution < -0.4 is 0 Å². The number of rotatable bonds is 3. The maximum Gasteiger partial charge on any atom is 0.300 e. The van der Waals surface area contributed by atoms with Crippen LogP contribution in [-0.4, -0.2) is 46.1 Å². The Morgan fingerprint density at radius 1 is 1.23 bits per heavy atom. The first-order valence-electron chi connectivity index (χ1n) is 3.55. The zero-order valence-electron chi connectivity index (χ0n) is 7.51. The van der Waals surface area contributed by atoms with Crippen molar-refractivity contribution in [3.8, 4) is 0 Å². The highest BCUT2D eigenvalue weighted by atomic mass is 16.4. The van der Waals surface area contributed by atoms with E-state index < -0.39 is 5.97 Å². The second-order valence-electron chi connectivity index (χ2n) is 1.78. The average molecular weight is 196 g/mol. The van der Waals surface area contributed by atoms with Crippen LogP contribution in [0.2, 0.25) is 0 Å². The van der Waals surface area contributed by atoms with Crippen molar-refractivity contribution in [2.75, 3.05) is 13.2 Å². The van der Waals surface area contributed by atoms with Crippen LogP contribution in [-0.2, 0) is 9.59 Å². The lowest BCUT2D eigenvalue weighted by molar-refractivity contribution is -0.134. The highest BCUT2D eigenvalue weighted by Gasteiger charge is 1.77. The zero-order valence-corrected chi connectivity index (χ0v) is 7.51. The van der Waals surface area contributed by atoms with E-state index >= 15 is 0 Å². The number of carboxylic acids is 1. The van der Waals surface area contributed by atoms with Gasteiger partial charge in [-0.15, -0.1) is 0 Å². The lowest BCUT2D eigenvalue weighted by atomic mass is 10.3. The SMILES string of the molecule is CC(=O)O.O=CO.OCCCCO. The molecule has 6 heteroatoms. The van der Waals surface area contributed by atoms with Gasteiger partial charge in [0.2, 0.25) is 0 Å². The van der Waals surface area contributed by atoms with E-state index in [0.29, 0.717) is 0 Å². The smallest absolute Gasteiger partial charge is 0.300 e. The van der Waals surface area contributed by atoms with Gasteiger partial charge < -0.3 is 20.4 Å². The molecule has 0 spiro atoms. The number of unbranched alkanes of at least 4 members (excludes halogenated alkanes) is 1. The van der Waals surface area contributed by atoms with Gasteiger partial charge in [-0.2, -0.15) is 0 Å². The molecule has 0 atom stereocenters. The molecule has 0 radical (unpaired) electrons. The first-order valence-corrected chi connectivity index (χ1v) is 3.55. The number of hydrogen-bond donors (Lipinski definition) is 4. The van der Waals surface area contributed by atoms with E-state index in [1.54, 1.807) is 0 Å². The van der Waals surface area contributed by atoms with Crippen molar-refractivity contribution < 1.29 is 30.0 Å². The molecule has 0 fully saturated rings. The molecular formula is C7H16O6. The minimum atomic E-state index is -0.833. The fourth-order valence-corrected chi connectivity index (χ4v) is 0.224. The fourth-order valence-electron chi connectivity index (χ4n) is 0.224. The standard InChI is InChI=1S/C4H10O2.C2H4O2.CH2O2/c5-3-1-2-4-6;1-2(3)4;2-1-3/h5-6H,1-4H2;1H3,(H,3,4);1H,(H,2,3). The summed E-state index contributed by atoms with van der Waals surface area (Å²) in [5, 5.41) is 30.5. The third-order valence-electron chi connectivity index (χ3n) is 0.566. The van der Waals surface area contributed by atoms with Crippen LogP contribution >= 0.6 is 0 Å². The number of aliphatic hydroxyl groups is 2. The average Bonchev–Trinajstić information content (AvgIpc) is 2.01. The van der Waals surface area contributed by atoms with Crippen LogP contribution in [0.15, 0.2) is 0 Å². The molecule has 0 heterocycles. The summed E-state index contributed by atoms with van der Waals surface area (Å²) < 4.78 is 0. The molecule has 0 aliphatic heterocycles. The maximum atomic E-state index is 9.00. The van der Waals surface area contributed by atoms with Crippen molar-refractivity contribution in [3.05, 3.63) is 0 Å². The second-order valence-corrected chi connectivity index (χ2v) is 1.78. The summed E-state index contributed by atoms with van der Waals surface area (Å²) in [4.78, 5) is 17.4. The quantitative estimate of drug-likeness (QED) is 0.358. The van der Waals surface area contributed by atoms with Crippen molar-refractivity contribution in [2.24, 2.45) is 0 Å². The minimum Gasteiger partial charge on any atom is -0.483 e. The molecule has 4 N–H and O–H groups in total. The molecule has 0 saturated heterocycles. The van der Waals surface area contributed by atoms with Gasteiger partial charge in [-0.05, 0) is 12.8 Å². The topological polar surface area (TPSA) is 115 Å². The van der Waals surface area contributed by atoms with Gasteiger partial charge >= 0.3 is 0 Å². The molecule has 0 rings (SSSR count). The molecule has 0 aliphatic carbocycles. The lowest BCUT2D eigenvalue weighted by Crippen LogP contribution is -1.85. The number of hydrogen-bond acceptors (Lipinski definition) is 4. The Labute approximate surface area is 76.4 Å². The van der Waals surface area contributed by atoms with Crippen molar-refractivity contribution in [2.45, 2.75) is 19.8 Å². The van der Waals surface area contributed by atoms with E-state index in [1.807, 2.05) is 0 Å². The summed E-state index contributed by atoms with van der Waals surface area (Å²) >= 11 is 0. The first-order chi connectivity index (χ1) is 6.06. The highest BCUT2D eigenvalue weighted by Crippen LogP contribution is 1.80. The van der Waals surface area contributed by atoms with Crippen LogP contribution in [0.1, 0.15) is 19.8 Å². The summed E-state index contributed by atoms with van der Waals surface area (Å²) in [5.74, 6) is -0.833. The molecule has 0 aromatic heterocycles. The summed E-state index contributed by atoms with van der Waals surface area (Å²) in [6.07, 6.45) is 1.44. The molecule has 13 heavy (non-hydrogen) atoms. The molecule has 0 bridgehead atoms. The van der Waals surface area contributed by atoms with Crippen LogP contribution in [0, 0.1) is 0 Å². The second kappa shape index (κ2) is 22.4. The maximum absolute atomic E-state index is 9.00. The Morgan fingerprint density at radius 3 is 1.46 bits per heavy atom. The van der Waals surface area contributed by atoms with Crippen LogP contribution in [0.3, 0.4) is 0 Å². The summed E-state index contributed by atoms with van der Waals surface area (Å²) in [6, 6.07) is 0. The third kappa shape index (κ3) is 246. The summed E-state index contributed by atoms with van der Waals surface area (Å²) in [6.45, 7) is 1.22. The van der Waals surface area contributed by atoms with Crippen LogP contribution in [0.4, 0.5) is 0 Å². The van der Waals surface area contributed by atoms with E-state index in [4.69, 9.17) is 30.0 Å². The first kappa shape index (κ1) is 17.8. The molecule has 0 saturated carbocycles. The predicted octanol–water partition coefficient (Wildman–Crippen LogP) is -0.457. The highest BCUT2D eigenvalue weighted by molar-refractivity contribution is 5.62. The van der Waals surface area contributed by atoms with Crippen molar-refractivity contribution >= 4 is 12.4 Å². The van der Waals surface area contributed by atoms with Crippen LogP contribution in [0.25, 0.3) is 0 Å². The number of aliphatic hydroxyl groups excluding tert-OH is 2. The number of carboxylic acid groups (broad SMARTS) is 2. The van der Waals surface area contributed by atoms with Gasteiger partial charge in [-0.25, -0.2) is 0 Å². The Bertz CT molecular complexity index is 95.2. The molecule has 0 aromatic carbocycles. The number of carbonyl (C=O) groups is 2. The van der Waals surface area contributed by atoms with Crippen LogP contribution in [0.5, 0.6) is 0 Å². The van der Waals surface area contributed by atoms with Gasteiger partial charge in [0.15, 0.2) is 0 Å². The van der Waals surface area contributed by atoms with Crippen molar-refractivity contribution in [1.82, 2.24) is 0 Å². The predicted molar refractivity (Wildman–Crippen MR) is 45.4 cm³/mol. The Balaban J connectivity index is -0.000000125. The normalized spacial score (nSPS) is 7.00. The minimum absolute atomic E-state index is 0.195. The number of aliphatic carboxylic acids is 1. The van der Waals surface area contributed by atoms with E-state index in [9.17, 15) is 0 Å². The molecular weight excluding hydrogens is 180 g/mol. The Hall–Kier alpha value is -1.14. The molecule has 6 nitrogen and oxygen atoms in total. The molecule has 0 aliphatic rings. The van der Waals surface area contributed by atoms with Gasteiger partial charge in [0.25, 0.3) is 12.4 Å². The van der Waals surface area contributed by atoms with Crippen molar-refractivity contribution in [1.29, 1.82) is 0 Å². The Kier molecular flexibility index (Phi) is 30.8. The van der Waals surface area contributed by atoms with Gasteiger partial charge in [0, 0.05) is 20.1 Å². The monoisotopic (exact) mass is 196 g/mol. The molecule has 0 unspecified atom stereocenters.